The molecule has 0 amide bonds. The summed E-state index contributed by atoms with van der Waals surface area (Å²) in [6.07, 6.45) is 8.34. The van der Waals surface area contributed by atoms with E-state index in [1.165, 1.54) is 49.7 Å². The highest BCUT2D eigenvalue weighted by molar-refractivity contribution is 5.32. The molecular formula is C23H29N. The number of hydrogen-bond donors (Lipinski definition) is 0. The van der Waals surface area contributed by atoms with E-state index in [4.69, 9.17) is 0 Å². The molecule has 24 heavy (non-hydrogen) atoms. The standard InChI is InChI=1S/C23H29N/c1-24-21-13-8-14-22(24)16-18(15-21)17-23(19-9-4-2-5-10-19)20-11-6-3-7-12-20/h2-7,9-12,18,21-23H,8,13-17H2,1H3. The van der Waals surface area contributed by atoms with E-state index >= 15 is 0 Å². The third-order valence-electron chi connectivity index (χ3n) is 6.41. The van der Waals surface area contributed by atoms with Crippen molar-refractivity contribution in [3.63, 3.8) is 0 Å². The molecule has 2 saturated heterocycles. The Morgan fingerprint density at radius 1 is 0.833 bits per heavy atom. The van der Waals surface area contributed by atoms with E-state index in [0.29, 0.717) is 5.92 Å². The highest BCUT2D eigenvalue weighted by Crippen LogP contribution is 2.41. The van der Waals surface area contributed by atoms with E-state index in [0.717, 1.165) is 18.0 Å². The van der Waals surface area contributed by atoms with E-state index in [-0.39, 0.29) is 0 Å². The molecule has 2 fully saturated rings. The zero-order chi connectivity index (χ0) is 16.4. The maximum Gasteiger partial charge on any atom is 0.00978 e. The lowest BCUT2D eigenvalue weighted by molar-refractivity contribution is 0.0331. The number of piperidine rings is 2. The summed E-state index contributed by atoms with van der Waals surface area (Å²) in [4.78, 5) is 2.68. The second-order valence-corrected chi connectivity index (χ2v) is 7.85. The SMILES string of the molecule is CN1C2CCCC1CC(CC(c1ccccc1)c1ccccc1)C2. The molecule has 0 aliphatic carbocycles. The molecule has 2 unspecified atom stereocenters. The Balaban J connectivity index is 1.57. The molecule has 0 N–H and O–H groups in total. The minimum absolute atomic E-state index is 0.543. The van der Waals surface area contributed by atoms with Crippen LogP contribution in [0.4, 0.5) is 0 Å². The van der Waals surface area contributed by atoms with Gasteiger partial charge in [0.25, 0.3) is 0 Å². The van der Waals surface area contributed by atoms with Gasteiger partial charge in [0.1, 0.15) is 0 Å². The van der Waals surface area contributed by atoms with Gasteiger partial charge in [-0.3, -0.25) is 0 Å². The molecule has 2 aliphatic rings. The van der Waals surface area contributed by atoms with Crippen LogP contribution in [-0.4, -0.2) is 24.0 Å². The van der Waals surface area contributed by atoms with Crippen molar-refractivity contribution in [3.05, 3.63) is 71.8 Å². The van der Waals surface area contributed by atoms with Crippen LogP contribution >= 0.6 is 0 Å². The fourth-order valence-electron chi connectivity index (χ4n) is 5.09. The Morgan fingerprint density at radius 2 is 1.33 bits per heavy atom. The first-order chi connectivity index (χ1) is 11.8. The van der Waals surface area contributed by atoms with Crippen LogP contribution in [0.5, 0.6) is 0 Å². The van der Waals surface area contributed by atoms with E-state index < -0.39 is 0 Å². The third kappa shape index (κ3) is 3.28. The molecule has 2 atom stereocenters. The normalized spacial score (nSPS) is 27.3. The molecule has 0 saturated carbocycles. The lowest BCUT2D eigenvalue weighted by Gasteiger charge is -2.47. The van der Waals surface area contributed by atoms with Crippen LogP contribution in [0.3, 0.4) is 0 Å². The topological polar surface area (TPSA) is 3.24 Å². The quantitative estimate of drug-likeness (QED) is 0.722. The van der Waals surface area contributed by atoms with E-state index in [2.05, 4.69) is 72.6 Å². The highest BCUT2D eigenvalue weighted by Gasteiger charge is 2.36. The Bertz CT molecular complexity index is 582. The van der Waals surface area contributed by atoms with Gasteiger partial charge in [0.05, 0.1) is 0 Å². The van der Waals surface area contributed by atoms with Crippen molar-refractivity contribution in [2.24, 2.45) is 5.92 Å². The van der Waals surface area contributed by atoms with Crippen molar-refractivity contribution < 1.29 is 0 Å². The van der Waals surface area contributed by atoms with E-state index in [1.807, 2.05) is 0 Å². The number of rotatable bonds is 4. The third-order valence-corrected chi connectivity index (χ3v) is 6.41. The first kappa shape index (κ1) is 15.9. The van der Waals surface area contributed by atoms with Crippen LogP contribution in [0.2, 0.25) is 0 Å². The van der Waals surface area contributed by atoms with Crippen molar-refractivity contribution in [2.45, 2.75) is 56.5 Å². The molecule has 2 aromatic carbocycles. The Labute approximate surface area is 146 Å². The highest BCUT2D eigenvalue weighted by atomic mass is 15.2. The summed E-state index contributed by atoms with van der Waals surface area (Å²) in [5.74, 6) is 1.41. The zero-order valence-corrected chi connectivity index (χ0v) is 14.8. The molecule has 0 radical (unpaired) electrons. The van der Waals surface area contributed by atoms with Crippen LogP contribution < -0.4 is 0 Å². The fourth-order valence-corrected chi connectivity index (χ4v) is 5.09. The minimum atomic E-state index is 0.543. The monoisotopic (exact) mass is 319 g/mol. The van der Waals surface area contributed by atoms with E-state index in [9.17, 15) is 0 Å². The molecule has 2 aliphatic heterocycles. The fraction of sp³-hybridized carbons (Fsp3) is 0.478. The largest absolute Gasteiger partial charge is 0.300 e. The van der Waals surface area contributed by atoms with Gasteiger partial charge < -0.3 is 4.90 Å². The second-order valence-electron chi connectivity index (χ2n) is 7.85. The van der Waals surface area contributed by atoms with Crippen molar-refractivity contribution in [1.29, 1.82) is 0 Å². The molecule has 126 valence electrons. The molecular weight excluding hydrogens is 290 g/mol. The van der Waals surface area contributed by atoms with Crippen molar-refractivity contribution in [2.75, 3.05) is 7.05 Å². The minimum Gasteiger partial charge on any atom is -0.300 e. The van der Waals surface area contributed by atoms with Crippen LogP contribution in [0.25, 0.3) is 0 Å². The van der Waals surface area contributed by atoms with E-state index in [1.54, 1.807) is 0 Å². The van der Waals surface area contributed by atoms with Gasteiger partial charge in [-0.1, -0.05) is 67.1 Å². The smallest absolute Gasteiger partial charge is 0.00978 e. The van der Waals surface area contributed by atoms with Gasteiger partial charge in [0, 0.05) is 18.0 Å². The van der Waals surface area contributed by atoms with Crippen molar-refractivity contribution in [1.82, 2.24) is 4.90 Å². The summed E-state index contributed by atoms with van der Waals surface area (Å²) < 4.78 is 0. The maximum absolute atomic E-state index is 2.68. The zero-order valence-electron chi connectivity index (χ0n) is 14.8. The average molecular weight is 319 g/mol. The summed E-state index contributed by atoms with van der Waals surface area (Å²) in [6.45, 7) is 0. The molecule has 1 heteroatoms. The van der Waals surface area contributed by atoms with Gasteiger partial charge in [0.15, 0.2) is 0 Å². The average Bonchev–Trinajstić information content (AvgIpc) is 2.62. The summed E-state index contributed by atoms with van der Waals surface area (Å²) in [5.41, 5.74) is 2.96. The molecule has 2 heterocycles. The summed E-state index contributed by atoms with van der Waals surface area (Å²) >= 11 is 0. The lowest BCUT2D eigenvalue weighted by Crippen LogP contribution is -2.49. The van der Waals surface area contributed by atoms with Crippen LogP contribution in [0.1, 0.15) is 55.6 Å². The maximum atomic E-state index is 2.68. The van der Waals surface area contributed by atoms with Gasteiger partial charge >= 0.3 is 0 Å². The lowest BCUT2D eigenvalue weighted by atomic mass is 9.73. The number of nitrogens with zero attached hydrogens (tertiary/aromatic N) is 1. The van der Waals surface area contributed by atoms with Gasteiger partial charge in [-0.25, -0.2) is 0 Å². The first-order valence-corrected chi connectivity index (χ1v) is 9.63. The molecule has 2 aromatic rings. The van der Waals surface area contributed by atoms with Crippen molar-refractivity contribution >= 4 is 0 Å². The molecule has 0 aromatic heterocycles. The molecule has 0 spiro atoms. The molecule has 1 nitrogen and oxygen atoms in total. The van der Waals surface area contributed by atoms with Gasteiger partial charge in [-0.2, -0.15) is 0 Å². The molecule has 4 rings (SSSR count). The van der Waals surface area contributed by atoms with Crippen LogP contribution in [0.15, 0.2) is 60.7 Å². The Hall–Kier alpha value is -1.60. The van der Waals surface area contributed by atoms with Gasteiger partial charge in [-0.15, -0.1) is 0 Å². The summed E-state index contributed by atoms with van der Waals surface area (Å²) in [7, 11) is 2.36. The second kappa shape index (κ2) is 7.11. The number of fused-ring (bicyclic) bond motifs is 2. The predicted molar refractivity (Wildman–Crippen MR) is 101 cm³/mol. The van der Waals surface area contributed by atoms with Crippen LogP contribution in [-0.2, 0) is 0 Å². The Morgan fingerprint density at radius 3 is 1.83 bits per heavy atom. The predicted octanol–water partition coefficient (Wildman–Crippen LogP) is 5.47. The number of benzene rings is 2. The van der Waals surface area contributed by atoms with Crippen LogP contribution in [0, 0.1) is 5.92 Å². The first-order valence-electron chi connectivity index (χ1n) is 9.63. The van der Waals surface area contributed by atoms with Gasteiger partial charge in [-0.05, 0) is 56.2 Å². The summed E-state index contributed by atoms with van der Waals surface area (Å²) in [6, 6.07) is 23.9. The summed E-state index contributed by atoms with van der Waals surface area (Å²) in [5, 5.41) is 0. The number of hydrogen-bond acceptors (Lipinski definition) is 1. The molecule has 2 bridgehead atoms. The van der Waals surface area contributed by atoms with Gasteiger partial charge in [0.2, 0.25) is 0 Å². The van der Waals surface area contributed by atoms with Crippen molar-refractivity contribution in [3.8, 4) is 0 Å². The Kier molecular flexibility index (Phi) is 4.71.